The molecule has 0 unspecified atom stereocenters. The summed E-state index contributed by atoms with van der Waals surface area (Å²) in [5, 5.41) is 0.242. The van der Waals surface area contributed by atoms with Gasteiger partial charge >= 0.3 is 0 Å². The quantitative estimate of drug-likeness (QED) is 0.0905. The van der Waals surface area contributed by atoms with Crippen molar-refractivity contribution in [2.45, 2.75) is 123 Å². The normalized spacial score (nSPS) is 20.4. The van der Waals surface area contributed by atoms with Gasteiger partial charge in [-0.3, -0.25) is 0 Å². The lowest BCUT2D eigenvalue weighted by atomic mass is 9.85. The molecule has 0 saturated heterocycles. The van der Waals surface area contributed by atoms with Crippen LogP contribution >= 0.6 is 0 Å². The molecule has 0 amide bonds. The zero-order valence-corrected chi connectivity index (χ0v) is 21.9. The molecule has 0 spiro atoms. The molecule has 3 atom stereocenters. The number of hydrogen-bond acceptors (Lipinski definition) is 2. The lowest BCUT2D eigenvalue weighted by Crippen LogP contribution is -2.44. The molecule has 1 aliphatic carbocycles. The molecular formula is C27H48O2Si. The minimum Gasteiger partial charge on any atom is -0.414 e. The Morgan fingerprint density at radius 2 is 1.93 bits per heavy atom. The maximum absolute atomic E-state index is 11.6. The Labute approximate surface area is 188 Å². The van der Waals surface area contributed by atoms with Gasteiger partial charge in [0.15, 0.2) is 8.32 Å². The van der Waals surface area contributed by atoms with Crippen molar-refractivity contribution in [3.05, 3.63) is 29.5 Å². The minimum absolute atomic E-state index is 0.170. The molecule has 0 N–H and O–H groups in total. The Bertz CT molecular complexity index is 590. The van der Waals surface area contributed by atoms with E-state index in [-0.39, 0.29) is 11.0 Å². The SMILES string of the molecule is CCC=C=CCC[C@H]1C(CC[C@H](CCCCC)O[Si](C)(C)C(C)(C)C)=CC[C@@H]1C=O. The molecular weight excluding hydrogens is 384 g/mol. The molecule has 30 heavy (non-hydrogen) atoms. The lowest BCUT2D eigenvalue weighted by Gasteiger charge is -2.39. The highest BCUT2D eigenvalue weighted by molar-refractivity contribution is 6.74. The summed E-state index contributed by atoms with van der Waals surface area (Å²) >= 11 is 0. The fourth-order valence-corrected chi connectivity index (χ4v) is 5.49. The van der Waals surface area contributed by atoms with Crippen LogP contribution in [0.4, 0.5) is 0 Å². The maximum Gasteiger partial charge on any atom is 0.192 e. The van der Waals surface area contributed by atoms with Gasteiger partial charge in [-0.25, -0.2) is 0 Å². The first kappa shape index (κ1) is 27.1. The highest BCUT2D eigenvalue weighted by Gasteiger charge is 2.39. The number of aldehydes is 1. The standard InChI is InChI=1S/C27H48O2Si/c1-8-10-12-13-15-17-26-23(18-19-24(26)22-28)20-21-25(16-14-11-9-2)29-30(6,7)27(3,4)5/h10,13,18,22,24-26H,8-9,11,14-17,19-21H2,1-7H3/t12?,24-,25+,26+/m1/s1. The van der Waals surface area contributed by atoms with Crippen molar-refractivity contribution in [1.29, 1.82) is 0 Å². The van der Waals surface area contributed by atoms with Crippen LogP contribution in [0.1, 0.15) is 98.8 Å². The van der Waals surface area contributed by atoms with E-state index in [2.05, 4.69) is 71.7 Å². The van der Waals surface area contributed by atoms with E-state index >= 15 is 0 Å². The summed E-state index contributed by atoms with van der Waals surface area (Å²) in [7, 11) is -1.77. The largest absolute Gasteiger partial charge is 0.414 e. The van der Waals surface area contributed by atoms with Gasteiger partial charge in [-0.15, -0.1) is 5.73 Å². The van der Waals surface area contributed by atoms with Crippen molar-refractivity contribution in [2.75, 3.05) is 0 Å². The zero-order chi connectivity index (χ0) is 22.6. The number of hydrogen-bond donors (Lipinski definition) is 0. The highest BCUT2D eigenvalue weighted by Crippen LogP contribution is 2.40. The van der Waals surface area contributed by atoms with Crippen molar-refractivity contribution in [3.63, 3.8) is 0 Å². The number of allylic oxidation sites excluding steroid dienone is 3. The average Bonchev–Trinajstić information content (AvgIpc) is 3.06. The van der Waals surface area contributed by atoms with Crippen molar-refractivity contribution >= 4 is 14.6 Å². The Morgan fingerprint density at radius 1 is 1.20 bits per heavy atom. The van der Waals surface area contributed by atoms with Crippen LogP contribution in [-0.4, -0.2) is 20.7 Å². The van der Waals surface area contributed by atoms with Gasteiger partial charge in [0.2, 0.25) is 0 Å². The highest BCUT2D eigenvalue weighted by atomic mass is 28.4. The maximum atomic E-state index is 11.6. The fourth-order valence-electron chi connectivity index (χ4n) is 4.07. The van der Waals surface area contributed by atoms with E-state index in [0.29, 0.717) is 12.0 Å². The third-order valence-corrected chi connectivity index (χ3v) is 11.6. The van der Waals surface area contributed by atoms with Crippen LogP contribution in [0.2, 0.25) is 18.1 Å². The second-order valence-electron chi connectivity index (χ2n) is 10.5. The molecule has 0 aromatic rings. The van der Waals surface area contributed by atoms with Gasteiger partial charge in [0.25, 0.3) is 0 Å². The molecule has 0 aromatic heterocycles. The van der Waals surface area contributed by atoms with Crippen LogP contribution < -0.4 is 0 Å². The Kier molecular flexibility index (Phi) is 12.2. The van der Waals surface area contributed by atoms with Gasteiger partial charge in [0, 0.05) is 12.0 Å². The number of carbonyl (C=O) groups excluding carboxylic acids is 1. The first-order chi connectivity index (χ1) is 14.2. The summed E-state index contributed by atoms with van der Waals surface area (Å²) in [6.07, 6.45) is 19.2. The molecule has 0 radical (unpaired) electrons. The fraction of sp³-hybridized carbons (Fsp3) is 0.778. The molecule has 1 aliphatic rings. The minimum atomic E-state index is -1.77. The summed E-state index contributed by atoms with van der Waals surface area (Å²) in [5.41, 5.74) is 4.75. The van der Waals surface area contributed by atoms with Gasteiger partial charge in [0.05, 0.1) is 0 Å². The van der Waals surface area contributed by atoms with Crippen LogP contribution in [0.3, 0.4) is 0 Å². The molecule has 1 rings (SSSR count). The van der Waals surface area contributed by atoms with Gasteiger partial charge in [0.1, 0.15) is 6.29 Å². The van der Waals surface area contributed by atoms with Gasteiger partial charge in [-0.1, -0.05) is 65.5 Å². The smallest absolute Gasteiger partial charge is 0.192 e. The summed E-state index contributed by atoms with van der Waals surface area (Å²) in [5.74, 6) is 0.578. The molecule has 0 aromatic carbocycles. The monoisotopic (exact) mass is 432 g/mol. The molecule has 2 nitrogen and oxygen atoms in total. The van der Waals surface area contributed by atoms with E-state index in [0.717, 1.165) is 38.5 Å². The number of carbonyl (C=O) groups is 1. The van der Waals surface area contributed by atoms with E-state index in [9.17, 15) is 4.79 Å². The topological polar surface area (TPSA) is 26.3 Å². The molecule has 0 heterocycles. The second-order valence-corrected chi connectivity index (χ2v) is 15.3. The summed E-state index contributed by atoms with van der Waals surface area (Å²) < 4.78 is 6.84. The third-order valence-electron chi connectivity index (χ3n) is 7.03. The zero-order valence-electron chi connectivity index (χ0n) is 20.9. The van der Waals surface area contributed by atoms with E-state index in [1.54, 1.807) is 0 Å². The van der Waals surface area contributed by atoms with Crippen molar-refractivity contribution < 1.29 is 9.22 Å². The average molecular weight is 433 g/mol. The number of unbranched alkanes of at least 4 members (excludes halogenated alkanes) is 2. The summed E-state index contributed by atoms with van der Waals surface area (Å²) in [4.78, 5) is 11.6. The molecule has 3 heteroatoms. The molecule has 0 bridgehead atoms. The summed E-state index contributed by atoms with van der Waals surface area (Å²) in [6, 6.07) is 0. The molecule has 0 aliphatic heterocycles. The third kappa shape index (κ3) is 9.08. The summed E-state index contributed by atoms with van der Waals surface area (Å²) in [6.45, 7) is 16.1. The van der Waals surface area contributed by atoms with E-state index in [4.69, 9.17) is 4.43 Å². The predicted molar refractivity (Wildman–Crippen MR) is 133 cm³/mol. The second kappa shape index (κ2) is 13.5. The Morgan fingerprint density at radius 3 is 2.53 bits per heavy atom. The predicted octanol–water partition coefficient (Wildman–Crippen LogP) is 8.40. The molecule has 172 valence electrons. The Balaban J connectivity index is 2.75. The van der Waals surface area contributed by atoms with Crippen LogP contribution in [0.15, 0.2) is 29.5 Å². The van der Waals surface area contributed by atoms with Gasteiger partial charge < -0.3 is 9.22 Å². The van der Waals surface area contributed by atoms with Crippen molar-refractivity contribution in [2.24, 2.45) is 11.8 Å². The number of rotatable bonds is 14. The van der Waals surface area contributed by atoms with Crippen molar-refractivity contribution in [1.82, 2.24) is 0 Å². The first-order valence-electron chi connectivity index (χ1n) is 12.4. The van der Waals surface area contributed by atoms with Gasteiger partial charge in [-0.05, 0) is 81.1 Å². The van der Waals surface area contributed by atoms with Crippen LogP contribution in [0.25, 0.3) is 0 Å². The Hall–Kier alpha value is -0.893. The van der Waals surface area contributed by atoms with Crippen LogP contribution in [0.5, 0.6) is 0 Å². The molecule has 0 saturated carbocycles. The van der Waals surface area contributed by atoms with E-state index in [1.807, 2.05) is 0 Å². The van der Waals surface area contributed by atoms with Crippen LogP contribution in [-0.2, 0) is 9.22 Å². The lowest BCUT2D eigenvalue weighted by molar-refractivity contribution is -0.111. The van der Waals surface area contributed by atoms with E-state index < -0.39 is 8.32 Å². The van der Waals surface area contributed by atoms with Crippen LogP contribution in [0, 0.1) is 11.8 Å². The molecule has 0 fully saturated rings. The van der Waals surface area contributed by atoms with E-state index in [1.165, 1.54) is 37.5 Å². The van der Waals surface area contributed by atoms with Gasteiger partial charge in [-0.2, -0.15) is 0 Å². The first-order valence-corrected chi connectivity index (χ1v) is 15.3. The van der Waals surface area contributed by atoms with Crippen molar-refractivity contribution in [3.8, 4) is 0 Å².